The van der Waals surface area contributed by atoms with E-state index in [9.17, 15) is 5.11 Å². The summed E-state index contributed by atoms with van der Waals surface area (Å²) >= 11 is 0. The first-order valence-electron chi connectivity index (χ1n) is 11.8. The lowest BCUT2D eigenvalue weighted by Crippen LogP contribution is -2.53. The number of unbranched alkanes of at least 4 members (excludes halogenated alkanes) is 2. The maximum atomic E-state index is 10.2. The van der Waals surface area contributed by atoms with Crippen LogP contribution in [0.5, 0.6) is 0 Å². The second-order valence-electron chi connectivity index (χ2n) is 11.0. The van der Waals surface area contributed by atoms with Crippen LogP contribution in [0.4, 0.5) is 0 Å². The lowest BCUT2D eigenvalue weighted by Gasteiger charge is -2.61. The van der Waals surface area contributed by atoms with E-state index in [2.05, 4.69) is 13.8 Å². The molecule has 0 aliphatic heterocycles. The van der Waals surface area contributed by atoms with E-state index < -0.39 is 0 Å². The summed E-state index contributed by atoms with van der Waals surface area (Å²) in [4.78, 5) is 0. The van der Waals surface area contributed by atoms with Gasteiger partial charge in [0, 0.05) is 6.61 Å². The van der Waals surface area contributed by atoms with Crippen LogP contribution in [0.1, 0.15) is 97.3 Å². The lowest BCUT2D eigenvalue weighted by atomic mass is 9.44. The molecule has 0 amide bonds. The van der Waals surface area contributed by atoms with Gasteiger partial charge in [0.05, 0.1) is 6.10 Å². The molecule has 150 valence electrons. The van der Waals surface area contributed by atoms with Crippen molar-refractivity contribution in [2.75, 3.05) is 6.61 Å². The van der Waals surface area contributed by atoms with E-state index in [0.29, 0.717) is 17.4 Å². The molecule has 0 saturated heterocycles. The molecule has 8 atom stereocenters. The van der Waals surface area contributed by atoms with E-state index in [4.69, 9.17) is 5.11 Å². The normalized spacial score (nSPS) is 50.8. The van der Waals surface area contributed by atoms with Gasteiger partial charge in [-0.3, -0.25) is 0 Å². The van der Waals surface area contributed by atoms with Gasteiger partial charge in [-0.15, -0.1) is 0 Å². The third-order valence-corrected chi connectivity index (χ3v) is 10.0. The van der Waals surface area contributed by atoms with E-state index in [1.807, 2.05) is 0 Å². The van der Waals surface area contributed by atoms with Crippen molar-refractivity contribution in [2.45, 2.75) is 103 Å². The maximum absolute atomic E-state index is 10.2. The molecule has 0 radical (unpaired) electrons. The third-order valence-electron chi connectivity index (χ3n) is 10.0. The Morgan fingerprint density at radius 3 is 2.38 bits per heavy atom. The lowest BCUT2D eigenvalue weighted by molar-refractivity contribution is -0.127. The Morgan fingerprint density at radius 2 is 1.58 bits per heavy atom. The molecule has 0 aromatic heterocycles. The molecule has 4 rings (SSSR count). The molecule has 2 nitrogen and oxygen atoms in total. The van der Waals surface area contributed by atoms with Crippen LogP contribution < -0.4 is 0 Å². The Labute approximate surface area is 161 Å². The van der Waals surface area contributed by atoms with Crippen molar-refractivity contribution in [3.63, 3.8) is 0 Å². The van der Waals surface area contributed by atoms with Crippen molar-refractivity contribution in [2.24, 2.45) is 40.4 Å². The van der Waals surface area contributed by atoms with Gasteiger partial charge in [-0.25, -0.2) is 0 Å². The Hall–Kier alpha value is -0.0800. The van der Waals surface area contributed by atoms with Crippen molar-refractivity contribution >= 4 is 0 Å². The first kappa shape index (κ1) is 19.2. The van der Waals surface area contributed by atoms with Crippen LogP contribution in [0.2, 0.25) is 0 Å². The van der Waals surface area contributed by atoms with Crippen molar-refractivity contribution < 1.29 is 10.2 Å². The maximum Gasteiger partial charge on any atom is 0.0543 e. The number of aliphatic hydroxyl groups is 2. The average Bonchev–Trinajstić information content (AvgIpc) is 2.96. The molecule has 0 aromatic rings. The average molecular weight is 363 g/mol. The molecule has 0 aromatic carbocycles. The number of rotatable bonds is 5. The minimum absolute atomic E-state index is 0.0201. The molecular weight excluding hydrogens is 320 g/mol. The number of fused-ring (bicyclic) bond motifs is 5. The van der Waals surface area contributed by atoms with Gasteiger partial charge in [0.1, 0.15) is 0 Å². The van der Waals surface area contributed by atoms with Crippen LogP contribution in [-0.4, -0.2) is 22.9 Å². The highest BCUT2D eigenvalue weighted by Crippen LogP contribution is 2.67. The molecule has 4 aliphatic carbocycles. The van der Waals surface area contributed by atoms with Crippen molar-refractivity contribution in [3.05, 3.63) is 0 Å². The van der Waals surface area contributed by atoms with Crippen molar-refractivity contribution in [1.29, 1.82) is 0 Å². The van der Waals surface area contributed by atoms with Crippen LogP contribution in [0.25, 0.3) is 0 Å². The van der Waals surface area contributed by atoms with Crippen LogP contribution in [-0.2, 0) is 0 Å². The van der Waals surface area contributed by atoms with Gasteiger partial charge in [-0.2, -0.15) is 0 Å². The Bertz CT molecular complexity index is 491. The highest BCUT2D eigenvalue weighted by molar-refractivity contribution is 5.09. The summed E-state index contributed by atoms with van der Waals surface area (Å²) in [5.74, 6) is 4.58. The second-order valence-corrected chi connectivity index (χ2v) is 11.0. The molecule has 4 fully saturated rings. The molecule has 4 saturated carbocycles. The number of hydrogen-bond donors (Lipinski definition) is 2. The quantitative estimate of drug-likeness (QED) is 0.629. The van der Waals surface area contributed by atoms with Crippen molar-refractivity contribution in [1.82, 2.24) is 0 Å². The highest BCUT2D eigenvalue weighted by atomic mass is 16.3. The first-order valence-corrected chi connectivity index (χ1v) is 11.8. The van der Waals surface area contributed by atoms with E-state index in [1.54, 1.807) is 0 Å². The van der Waals surface area contributed by atoms with Crippen LogP contribution >= 0.6 is 0 Å². The van der Waals surface area contributed by atoms with E-state index in [0.717, 1.165) is 48.9 Å². The minimum Gasteiger partial charge on any atom is -0.396 e. The monoisotopic (exact) mass is 362 g/mol. The smallest absolute Gasteiger partial charge is 0.0543 e. The Balaban J connectivity index is 1.46. The van der Waals surface area contributed by atoms with E-state index >= 15 is 0 Å². The summed E-state index contributed by atoms with van der Waals surface area (Å²) in [6.07, 6.45) is 17.0. The SMILES string of the molecule is CC12CCC(O)CC1CC[C@@H]1C2CCC2(C)C1CC[C@@H]2CCCCCO. The Kier molecular flexibility index (Phi) is 5.47. The standard InChI is InChI=1S/C24H42O2/c1-23-14-12-22-20(9-7-18-16-19(26)11-13-24(18,22)2)21(23)10-8-17(23)6-4-3-5-15-25/h17-22,25-26H,3-16H2,1-2H3/t17-,18?,19?,20-,21?,22?,23?,24?/m0/s1. The van der Waals surface area contributed by atoms with Crippen LogP contribution in [0.3, 0.4) is 0 Å². The molecule has 6 unspecified atom stereocenters. The van der Waals surface area contributed by atoms with Crippen LogP contribution in [0, 0.1) is 40.4 Å². The zero-order chi connectivity index (χ0) is 18.4. The summed E-state index contributed by atoms with van der Waals surface area (Å²) in [7, 11) is 0. The fourth-order valence-corrected chi connectivity index (χ4v) is 8.50. The van der Waals surface area contributed by atoms with Gasteiger partial charge in [0.2, 0.25) is 0 Å². The minimum atomic E-state index is -0.0201. The zero-order valence-electron chi connectivity index (χ0n) is 17.3. The summed E-state index contributed by atoms with van der Waals surface area (Å²) in [5.41, 5.74) is 1.11. The largest absolute Gasteiger partial charge is 0.396 e. The summed E-state index contributed by atoms with van der Waals surface area (Å²) in [6.45, 7) is 5.61. The molecule has 4 aliphatic rings. The fraction of sp³-hybridized carbons (Fsp3) is 1.00. The second kappa shape index (κ2) is 7.39. The first-order chi connectivity index (χ1) is 12.5. The predicted molar refractivity (Wildman–Crippen MR) is 107 cm³/mol. The highest BCUT2D eigenvalue weighted by Gasteiger charge is 2.59. The molecule has 0 bridgehead atoms. The van der Waals surface area contributed by atoms with Gasteiger partial charge < -0.3 is 10.2 Å². The van der Waals surface area contributed by atoms with Gasteiger partial charge in [0.25, 0.3) is 0 Å². The number of aliphatic hydroxyl groups excluding tert-OH is 2. The molecule has 2 N–H and O–H groups in total. The molecule has 26 heavy (non-hydrogen) atoms. The van der Waals surface area contributed by atoms with Crippen LogP contribution in [0.15, 0.2) is 0 Å². The van der Waals surface area contributed by atoms with Gasteiger partial charge in [-0.05, 0) is 111 Å². The van der Waals surface area contributed by atoms with Gasteiger partial charge >= 0.3 is 0 Å². The summed E-state index contributed by atoms with van der Waals surface area (Å²) in [6, 6.07) is 0. The summed E-state index contributed by atoms with van der Waals surface area (Å²) in [5, 5.41) is 19.2. The summed E-state index contributed by atoms with van der Waals surface area (Å²) < 4.78 is 0. The van der Waals surface area contributed by atoms with E-state index in [1.165, 1.54) is 64.2 Å². The third kappa shape index (κ3) is 3.08. The fourth-order valence-electron chi connectivity index (χ4n) is 8.50. The van der Waals surface area contributed by atoms with Crippen molar-refractivity contribution in [3.8, 4) is 0 Å². The van der Waals surface area contributed by atoms with Gasteiger partial charge in [0.15, 0.2) is 0 Å². The van der Waals surface area contributed by atoms with Gasteiger partial charge in [-0.1, -0.05) is 26.7 Å². The molecule has 0 spiro atoms. The topological polar surface area (TPSA) is 40.5 Å². The number of hydrogen-bond acceptors (Lipinski definition) is 2. The zero-order valence-corrected chi connectivity index (χ0v) is 17.3. The van der Waals surface area contributed by atoms with E-state index in [-0.39, 0.29) is 6.10 Å². The molecular formula is C24H42O2. The Morgan fingerprint density at radius 1 is 0.808 bits per heavy atom. The molecule has 0 heterocycles. The predicted octanol–water partition coefficient (Wildman–Crippen LogP) is 5.56. The molecule has 2 heteroatoms.